The lowest BCUT2D eigenvalue weighted by Gasteiger charge is -2.03. The van der Waals surface area contributed by atoms with Crippen LogP contribution in [0.4, 0.5) is 0 Å². The smallest absolute Gasteiger partial charge is 0.160 e. The molecule has 0 atom stereocenters. The molecule has 2 heteroatoms. The van der Waals surface area contributed by atoms with Gasteiger partial charge in [-0.25, -0.2) is 0 Å². The Hall–Kier alpha value is -2.22. The van der Waals surface area contributed by atoms with Gasteiger partial charge >= 0.3 is 0 Å². The second kappa shape index (κ2) is 5.21. The fourth-order valence-corrected chi connectivity index (χ4v) is 1.63. The molecule has 0 saturated heterocycles. The summed E-state index contributed by atoms with van der Waals surface area (Å²) in [5.74, 6) is 0.0630. The lowest BCUT2D eigenvalue weighted by molar-refractivity contribution is -0.111. The van der Waals surface area contributed by atoms with Gasteiger partial charge in [-0.1, -0.05) is 30.3 Å². The summed E-state index contributed by atoms with van der Waals surface area (Å²) in [6.45, 7) is 1.58. The van der Waals surface area contributed by atoms with Crippen LogP contribution < -0.4 is 0 Å². The molecule has 2 rings (SSSR count). The summed E-state index contributed by atoms with van der Waals surface area (Å²) in [6, 6.07) is 13.4. The normalized spacial score (nSPS) is 11.2. The van der Waals surface area contributed by atoms with Gasteiger partial charge in [-0.15, -0.1) is 0 Å². The number of carbonyl (C=O) groups excluding carboxylic acids is 1. The quantitative estimate of drug-likeness (QED) is 0.748. The predicted molar refractivity (Wildman–Crippen MR) is 69.2 cm³/mol. The van der Waals surface area contributed by atoms with Crippen LogP contribution >= 0.6 is 0 Å². The molecule has 0 saturated carbocycles. The van der Waals surface area contributed by atoms with E-state index in [0.717, 1.165) is 16.7 Å². The number of carbonyl (C=O) groups is 1. The largest absolute Gasteiger partial charge is 0.294 e. The Bertz CT molecular complexity index is 529. The van der Waals surface area contributed by atoms with Crippen LogP contribution in [-0.2, 0) is 4.79 Å². The second-order valence-corrected chi connectivity index (χ2v) is 3.76. The van der Waals surface area contributed by atoms with E-state index in [1.807, 2.05) is 48.5 Å². The van der Waals surface area contributed by atoms with Crippen LogP contribution in [0.2, 0.25) is 0 Å². The van der Waals surface area contributed by atoms with E-state index in [-0.39, 0.29) is 5.78 Å². The zero-order chi connectivity index (χ0) is 12.1. The monoisotopic (exact) mass is 223 g/mol. The summed E-state index contributed by atoms with van der Waals surface area (Å²) in [4.78, 5) is 15.6. The molecule has 1 aromatic heterocycles. The molecule has 0 aliphatic heterocycles. The molecule has 17 heavy (non-hydrogen) atoms. The maximum absolute atomic E-state index is 11.7. The highest BCUT2D eigenvalue weighted by molar-refractivity contribution is 6.24. The Labute approximate surface area is 101 Å². The first-order chi connectivity index (χ1) is 8.27. The molecule has 0 bridgehead atoms. The molecule has 0 amide bonds. The summed E-state index contributed by atoms with van der Waals surface area (Å²) < 4.78 is 0. The number of rotatable bonds is 3. The summed E-state index contributed by atoms with van der Waals surface area (Å²) in [6.07, 6.45) is 5.32. The van der Waals surface area contributed by atoms with Gasteiger partial charge in [0.25, 0.3) is 0 Å². The lowest BCUT2D eigenvalue weighted by atomic mass is 10.0. The molecule has 84 valence electrons. The highest BCUT2D eigenvalue weighted by Crippen LogP contribution is 2.18. The number of nitrogens with zero attached hydrogens (tertiary/aromatic N) is 1. The van der Waals surface area contributed by atoms with E-state index >= 15 is 0 Å². The third-order valence-electron chi connectivity index (χ3n) is 2.48. The summed E-state index contributed by atoms with van der Waals surface area (Å²) in [5.41, 5.74) is 2.64. The number of hydrogen-bond donors (Lipinski definition) is 0. The molecular formula is C15H13NO. The Balaban J connectivity index is 2.44. The van der Waals surface area contributed by atoms with Gasteiger partial charge in [-0.2, -0.15) is 0 Å². The number of allylic oxidation sites excluding steroid dienone is 1. The molecule has 2 nitrogen and oxygen atoms in total. The van der Waals surface area contributed by atoms with Gasteiger partial charge in [0, 0.05) is 18.0 Å². The van der Waals surface area contributed by atoms with Crippen LogP contribution in [0.5, 0.6) is 0 Å². The number of hydrogen-bond acceptors (Lipinski definition) is 2. The van der Waals surface area contributed by atoms with E-state index in [1.54, 1.807) is 19.3 Å². The Morgan fingerprint density at radius 3 is 2.29 bits per heavy atom. The van der Waals surface area contributed by atoms with Crippen molar-refractivity contribution >= 4 is 17.4 Å². The van der Waals surface area contributed by atoms with Gasteiger partial charge in [-0.3, -0.25) is 9.78 Å². The van der Waals surface area contributed by atoms with Crippen molar-refractivity contribution in [3.05, 3.63) is 66.0 Å². The highest BCUT2D eigenvalue weighted by atomic mass is 16.1. The minimum Gasteiger partial charge on any atom is -0.294 e. The van der Waals surface area contributed by atoms with Crippen molar-refractivity contribution in [3.8, 4) is 0 Å². The van der Waals surface area contributed by atoms with Gasteiger partial charge in [0.2, 0.25) is 0 Å². The highest BCUT2D eigenvalue weighted by Gasteiger charge is 2.06. The molecule has 0 unspecified atom stereocenters. The number of pyridine rings is 1. The van der Waals surface area contributed by atoms with E-state index in [9.17, 15) is 4.79 Å². The first-order valence-electron chi connectivity index (χ1n) is 5.45. The molecule has 2 aromatic rings. The van der Waals surface area contributed by atoms with Crippen LogP contribution in [0.1, 0.15) is 18.1 Å². The Morgan fingerprint density at radius 1 is 1.06 bits per heavy atom. The zero-order valence-electron chi connectivity index (χ0n) is 9.63. The van der Waals surface area contributed by atoms with Crippen molar-refractivity contribution < 1.29 is 4.79 Å². The first kappa shape index (κ1) is 11.3. The van der Waals surface area contributed by atoms with Gasteiger partial charge in [0.05, 0.1) is 0 Å². The van der Waals surface area contributed by atoms with E-state index in [1.165, 1.54) is 0 Å². The molecule has 0 spiro atoms. The first-order valence-corrected chi connectivity index (χ1v) is 5.45. The minimum absolute atomic E-state index is 0.0630. The minimum atomic E-state index is 0.0630. The van der Waals surface area contributed by atoms with E-state index in [2.05, 4.69) is 4.98 Å². The van der Waals surface area contributed by atoms with E-state index < -0.39 is 0 Å². The van der Waals surface area contributed by atoms with Crippen LogP contribution in [0.25, 0.3) is 11.6 Å². The van der Waals surface area contributed by atoms with Crippen molar-refractivity contribution in [2.24, 2.45) is 0 Å². The van der Waals surface area contributed by atoms with Gasteiger partial charge in [0.15, 0.2) is 5.78 Å². The number of ketones is 1. The van der Waals surface area contributed by atoms with Crippen molar-refractivity contribution in [3.63, 3.8) is 0 Å². The molecule has 1 heterocycles. The van der Waals surface area contributed by atoms with Crippen molar-refractivity contribution in [1.82, 2.24) is 4.98 Å². The molecule has 0 fully saturated rings. The third-order valence-corrected chi connectivity index (χ3v) is 2.48. The number of aromatic nitrogens is 1. The second-order valence-electron chi connectivity index (χ2n) is 3.76. The van der Waals surface area contributed by atoms with Crippen molar-refractivity contribution in [1.29, 1.82) is 0 Å². The fourth-order valence-electron chi connectivity index (χ4n) is 1.63. The van der Waals surface area contributed by atoms with Crippen LogP contribution in [0, 0.1) is 0 Å². The Morgan fingerprint density at radius 2 is 1.71 bits per heavy atom. The van der Waals surface area contributed by atoms with Gasteiger partial charge in [0.1, 0.15) is 0 Å². The van der Waals surface area contributed by atoms with Crippen LogP contribution in [0.3, 0.4) is 0 Å². The maximum Gasteiger partial charge on any atom is 0.160 e. The van der Waals surface area contributed by atoms with E-state index in [0.29, 0.717) is 0 Å². The lowest BCUT2D eigenvalue weighted by Crippen LogP contribution is -1.95. The molecule has 0 aliphatic carbocycles. The standard InChI is InChI=1S/C15H13NO/c1-12(17)15(14-5-3-2-4-6-14)11-13-7-9-16-10-8-13/h2-11H,1H3. The molecule has 0 radical (unpaired) electrons. The molecular weight excluding hydrogens is 210 g/mol. The van der Waals surface area contributed by atoms with Crippen molar-refractivity contribution in [2.75, 3.05) is 0 Å². The van der Waals surface area contributed by atoms with Crippen LogP contribution in [-0.4, -0.2) is 10.8 Å². The summed E-state index contributed by atoms with van der Waals surface area (Å²) in [7, 11) is 0. The average molecular weight is 223 g/mol. The summed E-state index contributed by atoms with van der Waals surface area (Å²) in [5, 5.41) is 0. The molecule has 0 aliphatic rings. The van der Waals surface area contributed by atoms with Gasteiger partial charge in [-0.05, 0) is 36.3 Å². The van der Waals surface area contributed by atoms with Gasteiger partial charge < -0.3 is 0 Å². The predicted octanol–water partition coefficient (Wildman–Crippen LogP) is 3.21. The molecule has 1 aromatic carbocycles. The average Bonchev–Trinajstić information content (AvgIpc) is 2.38. The van der Waals surface area contributed by atoms with E-state index in [4.69, 9.17) is 0 Å². The number of benzene rings is 1. The maximum atomic E-state index is 11.7. The Kier molecular flexibility index (Phi) is 3.46. The fraction of sp³-hybridized carbons (Fsp3) is 0.0667. The van der Waals surface area contributed by atoms with Crippen LogP contribution in [0.15, 0.2) is 54.9 Å². The zero-order valence-corrected chi connectivity index (χ0v) is 9.63. The third kappa shape index (κ3) is 2.88. The van der Waals surface area contributed by atoms with Crippen molar-refractivity contribution in [2.45, 2.75) is 6.92 Å². The summed E-state index contributed by atoms with van der Waals surface area (Å²) >= 11 is 0. The molecule has 0 N–H and O–H groups in total. The SMILES string of the molecule is CC(=O)C(=Cc1ccncc1)c1ccccc1. The number of Topliss-reactive ketones (excluding diaryl/α,β-unsaturated/α-hetero) is 1. The topological polar surface area (TPSA) is 30.0 Å².